The van der Waals surface area contributed by atoms with Gasteiger partial charge in [0.25, 0.3) is 0 Å². The lowest BCUT2D eigenvalue weighted by atomic mass is 10.1. The molecule has 0 saturated carbocycles. The van der Waals surface area contributed by atoms with Crippen LogP contribution in [0.3, 0.4) is 0 Å². The second kappa shape index (κ2) is 13.8. The summed E-state index contributed by atoms with van der Waals surface area (Å²) in [5.74, 6) is -6.55. The van der Waals surface area contributed by atoms with Gasteiger partial charge in [-0.1, -0.05) is 0 Å². The Hall–Kier alpha value is -3.66. The topological polar surface area (TPSA) is 260 Å². The summed E-state index contributed by atoms with van der Waals surface area (Å²) in [6, 6.07) is -5.55. The lowest BCUT2D eigenvalue weighted by Gasteiger charge is -2.23. The third-order valence-corrected chi connectivity index (χ3v) is 4.82. The summed E-state index contributed by atoms with van der Waals surface area (Å²) in [5.41, 5.74) is 11.0. The van der Waals surface area contributed by atoms with E-state index in [-0.39, 0.29) is 25.0 Å². The zero-order chi connectivity index (χ0) is 25.8. The number of hydrogen-bond acceptors (Lipinski definition) is 9. The van der Waals surface area contributed by atoms with Gasteiger partial charge in [-0.25, -0.2) is 9.78 Å². The predicted molar refractivity (Wildman–Crippen MR) is 118 cm³/mol. The van der Waals surface area contributed by atoms with Crippen molar-refractivity contribution in [3.63, 3.8) is 0 Å². The molecule has 1 aromatic heterocycles. The molecule has 1 aromatic rings. The van der Waals surface area contributed by atoms with Crippen molar-refractivity contribution in [2.24, 2.45) is 11.5 Å². The average Bonchev–Trinajstić information content (AvgIpc) is 3.27. The van der Waals surface area contributed by atoms with E-state index in [0.29, 0.717) is 5.69 Å². The second-order valence-electron chi connectivity index (χ2n) is 7.19. The molecule has 1 rings (SSSR count). The van der Waals surface area contributed by atoms with Crippen molar-refractivity contribution in [2.75, 3.05) is 5.75 Å². The Kier molecular flexibility index (Phi) is 11.5. The molecule has 15 nitrogen and oxygen atoms in total. The summed E-state index contributed by atoms with van der Waals surface area (Å²) in [6.45, 7) is 0. The number of amides is 4. The molecule has 34 heavy (non-hydrogen) atoms. The highest BCUT2D eigenvalue weighted by molar-refractivity contribution is 7.80. The number of carbonyl (C=O) groups excluding carboxylic acids is 4. The van der Waals surface area contributed by atoms with Crippen molar-refractivity contribution >= 4 is 48.2 Å². The third-order valence-electron chi connectivity index (χ3n) is 4.46. The van der Waals surface area contributed by atoms with Crippen LogP contribution in [-0.4, -0.2) is 85.7 Å². The standard InChI is InChI=1S/C18H27N7O8S/c19-9(1-2-13(20)26)15(29)25-12(6-34)17(31)23-10(4-14(27)28)16(30)24-11(18(32)33)3-8-5-21-7-22-8/h5,7,9-12,34H,1-4,6,19H2,(H2,20,26)(H,21,22)(H,23,31)(H,24,30)(H,25,29)(H,27,28)(H,32,33). The van der Waals surface area contributed by atoms with Gasteiger partial charge < -0.3 is 42.6 Å². The molecule has 0 fully saturated rings. The van der Waals surface area contributed by atoms with E-state index in [4.69, 9.17) is 16.6 Å². The number of nitrogens with two attached hydrogens (primary N) is 2. The fraction of sp³-hybridized carbons (Fsp3) is 0.500. The molecular weight excluding hydrogens is 474 g/mol. The molecule has 0 aliphatic heterocycles. The Labute approximate surface area is 198 Å². The Morgan fingerprint density at radius 1 is 1.00 bits per heavy atom. The van der Waals surface area contributed by atoms with Gasteiger partial charge in [-0.05, 0) is 6.42 Å². The molecule has 16 heteroatoms. The van der Waals surface area contributed by atoms with Gasteiger partial charge in [0.1, 0.15) is 18.1 Å². The minimum atomic E-state index is -1.66. The Morgan fingerprint density at radius 2 is 1.59 bits per heavy atom. The molecule has 1 heterocycles. The Balaban J connectivity index is 2.85. The fourth-order valence-corrected chi connectivity index (χ4v) is 2.90. The predicted octanol–water partition coefficient (Wildman–Crippen LogP) is -3.51. The minimum absolute atomic E-state index is 0.0704. The first-order valence-corrected chi connectivity index (χ1v) is 10.6. The second-order valence-corrected chi connectivity index (χ2v) is 7.56. The Bertz CT molecular complexity index is 895. The normalized spacial score (nSPS) is 14.2. The van der Waals surface area contributed by atoms with E-state index in [2.05, 4.69) is 38.5 Å². The number of aromatic amines is 1. The average molecular weight is 502 g/mol. The van der Waals surface area contributed by atoms with Gasteiger partial charge in [0, 0.05) is 30.5 Å². The van der Waals surface area contributed by atoms with E-state index in [1.807, 2.05) is 0 Å². The van der Waals surface area contributed by atoms with Crippen molar-refractivity contribution in [3.8, 4) is 0 Å². The number of nitrogens with zero attached hydrogens (tertiary/aromatic N) is 1. The first-order chi connectivity index (χ1) is 15.9. The largest absolute Gasteiger partial charge is 0.481 e. The zero-order valence-electron chi connectivity index (χ0n) is 17.9. The van der Waals surface area contributed by atoms with Gasteiger partial charge in [0.15, 0.2) is 0 Å². The minimum Gasteiger partial charge on any atom is -0.481 e. The van der Waals surface area contributed by atoms with Gasteiger partial charge in [0.2, 0.25) is 23.6 Å². The van der Waals surface area contributed by atoms with E-state index in [1.165, 1.54) is 12.5 Å². The molecule has 0 spiro atoms. The molecule has 0 aliphatic rings. The highest BCUT2D eigenvalue weighted by Gasteiger charge is 2.31. The molecule has 4 unspecified atom stereocenters. The maximum absolute atomic E-state index is 12.6. The first kappa shape index (κ1) is 28.4. The fourth-order valence-electron chi connectivity index (χ4n) is 2.65. The Morgan fingerprint density at radius 3 is 2.09 bits per heavy atom. The number of imidazole rings is 1. The van der Waals surface area contributed by atoms with E-state index in [9.17, 15) is 33.9 Å². The summed E-state index contributed by atoms with van der Waals surface area (Å²) in [7, 11) is 0. The lowest BCUT2D eigenvalue weighted by molar-refractivity contribution is -0.143. The van der Waals surface area contributed by atoms with Crippen LogP contribution in [-0.2, 0) is 35.2 Å². The molecule has 4 amide bonds. The molecule has 0 bridgehead atoms. The summed E-state index contributed by atoms with van der Waals surface area (Å²) in [6.07, 6.45) is 1.41. The van der Waals surface area contributed by atoms with Crippen molar-refractivity contribution in [3.05, 3.63) is 18.2 Å². The van der Waals surface area contributed by atoms with Crippen LogP contribution in [0.5, 0.6) is 0 Å². The number of aliphatic carboxylic acids is 2. The first-order valence-electron chi connectivity index (χ1n) is 9.92. The molecular formula is C18H27N7O8S. The van der Waals surface area contributed by atoms with Crippen LogP contribution in [0.1, 0.15) is 25.0 Å². The monoisotopic (exact) mass is 501 g/mol. The molecule has 0 aromatic carbocycles. The summed E-state index contributed by atoms with van der Waals surface area (Å²) in [5, 5.41) is 25.1. The third kappa shape index (κ3) is 9.86. The number of carboxylic acids is 2. The number of rotatable bonds is 15. The number of nitrogens with one attached hydrogen (secondary N) is 4. The zero-order valence-corrected chi connectivity index (χ0v) is 18.8. The number of hydrogen-bond donors (Lipinski definition) is 9. The van der Waals surface area contributed by atoms with Crippen LogP contribution in [0.25, 0.3) is 0 Å². The van der Waals surface area contributed by atoms with Gasteiger partial charge in [-0.15, -0.1) is 0 Å². The van der Waals surface area contributed by atoms with Crippen LogP contribution < -0.4 is 27.4 Å². The number of carboxylic acid groups (broad SMARTS) is 2. The molecule has 10 N–H and O–H groups in total. The highest BCUT2D eigenvalue weighted by Crippen LogP contribution is 2.03. The molecule has 0 aliphatic carbocycles. The quantitative estimate of drug-likeness (QED) is 0.107. The molecule has 188 valence electrons. The summed E-state index contributed by atoms with van der Waals surface area (Å²) >= 11 is 3.96. The number of primary amides is 1. The van der Waals surface area contributed by atoms with Crippen LogP contribution in [0, 0.1) is 0 Å². The number of aromatic nitrogens is 2. The highest BCUT2D eigenvalue weighted by atomic mass is 32.1. The van der Waals surface area contributed by atoms with Crippen molar-refractivity contribution in [1.29, 1.82) is 0 Å². The number of thiol groups is 1. The lowest BCUT2D eigenvalue weighted by Crippen LogP contribution is -2.58. The van der Waals surface area contributed by atoms with Crippen LogP contribution in [0.15, 0.2) is 12.5 Å². The maximum Gasteiger partial charge on any atom is 0.326 e. The van der Waals surface area contributed by atoms with Crippen LogP contribution >= 0.6 is 12.6 Å². The molecule has 0 radical (unpaired) electrons. The molecule has 4 atom stereocenters. The number of H-pyrrole nitrogens is 1. The number of carbonyl (C=O) groups is 6. The van der Waals surface area contributed by atoms with Crippen molar-refractivity contribution in [2.45, 2.75) is 49.9 Å². The van der Waals surface area contributed by atoms with Gasteiger partial charge in [0.05, 0.1) is 18.8 Å². The summed E-state index contributed by atoms with van der Waals surface area (Å²) < 4.78 is 0. The van der Waals surface area contributed by atoms with Gasteiger partial charge in [-0.3, -0.25) is 24.0 Å². The van der Waals surface area contributed by atoms with Crippen molar-refractivity contribution in [1.82, 2.24) is 25.9 Å². The maximum atomic E-state index is 12.6. The van der Waals surface area contributed by atoms with Gasteiger partial charge >= 0.3 is 11.9 Å². The van der Waals surface area contributed by atoms with E-state index in [0.717, 1.165) is 0 Å². The SMILES string of the molecule is NC(=O)CCC(N)C(=O)NC(CS)C(=O)NC(CC(=O)O)C(=O)NC(Cc1cnc[nH]1)C(=O)O. The van der Waals surface area contributed by atoms with Crippen molar-refractivity contribution < 1.29 is 39.0 Å². The van der Waals surface area contributed by atoms with E-state index >= 15 is 0 Å². The molecule has 0 saturated heterocycles. The van der Waals surface area contributed by atoms with E-state index < -0.39 is 66.2 Å². The van der Waals surface area contributed by atoms with Crippen LogP contribution in [0.4, 0.5) is 0 Å². The summed E-state index contributed by atoms with van der Waals surface area (Å²) in [4.78, 5) is 77.3. The van der Waals surface area contributed by atoms with Gasteiger partial charge in [-0.2, -0.15) is 12.6 Å². The van der Waals surface area contributed by atoms with E-state index in [1.54, 1.807) is 0 Å². The smallest absolute Gasteiger partial charge is 0.326 e. The van der Waals surface area contributed by atoms with Crippen LogP contribution in [0.2, 0.25) is 0 Å².